The molecule has 0 saturated carbocycles. The molecule has 3 rings (SSSR count). The van der Waals surface area contributed by atoms with E-state index in [1.54, 1.807) is 5.41 Å². The Morgan fingerprint density at radius 2 is 1.90 bits per heavy atom. The van der Waals surface area contributed by atoms with Crippen molar-refractivity contribution in [2.24, 2.45) is 0 Å². The van der Waals surface area contributed by atoms with E-state index >= 15 is 0 Å². The molecule has 0 N–H and O–H groups in total. The highest BCUT2D eigenvalue weighted by atomic mass is 32.2. The summed E-state index contributed by atoms with van der Waals surface area (Å²) in [4.78, 5) is 0.783. The fraction of sp³-hybridized carbons (Fsp3) is 0.222. The second kappa shape index (κ2) is 5.86. The predicted octanol–water partition coefficient (Wildman–Crippen LogP) is 4.50. The maximum absolute atomic E-state index is 12.5. The molecule has 0 spiro atoms. The minimum atomic E-state index is -1.17. The first-order valence-corrected chi connectivity index (χ1v) is 8.29. The van der Waals surface area contributed by atoms with Gasteiger partial charge in [-0.1, -0.05) is 47.6 Å². The van der Waals surface area contributed by atoms with Gasteiger partial charge in [-0.3, -0.25) is 0 Å². The molecule has 21 heavy (non-hydrogen) atoms. The summed E-state index contributed by atoms with van der Waals surface area (Å²) in [6, 6.07) is 6.26. The Kier molecular flexibility index (Phi) is 3.93. The van der Waals surface area contributed by atoms with Crippen molar-refractivity contribution in [2.75, 3.05) is 0 Å². The first-order chi connectivity index (χ1) is 10.1. The van der Waals surface area contributed by atoms with Crippen LogP contribution in [0.1, 0.15) is 29.5 Å². The van der Waals surface area contributed by atoms with Crippen molar-refractivity contribution in [3.63, 3.8) is 0 Å². The van der Waals surface area contributed by atoms with Crippen molar-refractivity contribution in [2.45, 2.75) is 26.7 Å². The number of rotatable bonds is 2. The smallest absolute Gasteiger partial charge is 0.146 e. The number of aryl methyl sites for hydroxylation is 2. The predicted molar refractivity (Wildman–Crippen MR) is 87.7 cm³/mol. The Labute approximate surface area is 128 Å². The summed E-state index contributed by atoms with van der Waals surface area (Å²) in [6.45, 7) is 4.11. The fourth-order valence-electron chi connectivity index (χ4n) is 2.73. The molecular weight excluding hydrogens is 280 g/mol. The maximum Gasteiger partial charge on any atom is 0.146 e. The molecule has 0 bridgehead atoms. The standard InChI is InChI=1S/C18H18O2S/c1-13-10-14(2)12-16(11-13)18-17(20-8-9-21(18)19)15-6-4-3-5-7-15/h3-4,6,8-12H,5,7H2,1-2H3. The molecule has 0 fully saturated rings. The summed E-state index contributed by atoms with van der Waals surface area (Å²) >= 11 is 0. The normalized spacial score (nSPS) is 21.2. The highest BCUT2D eigenvalue weighted by Gasteiger charge is 2.23. The summed E-state index contributed by atoms with van der Waals surface area (Å²) in [5.74, 6) is 0.755. The second-order valence-electron chi connectivity index (χ2n) is 5.38. The average molecular weight is 298 g/mol. The molecule has 0 saturated heterocycles. The van der Waals surface area contributed by atoms with E-state index in [4.69, 9.17) is 4.74 Å². The molecule has 0 radical (unpaired) electrons. The molecule has 3 heteroatoms. The zero-order valence-electron chi connectivity index (χ0n) is 12.3. The summed E-state index contributed by atoms with van der Waals surface area (Å²) < 4.78 is 18.3. The Hall–Kier alpha value is -1.87. The Bertz CT molecular complexity index is 700. The van der Waals surface area contributed by atoms with Crippen molar-refractivity contribution in [3.8, 4) is 0 Å². The molecule has 1 atom stereocenters. The minimum absolute atomic E-state index is 0.755. The third-order valence-electron chi connectivity index (χ3n) is 3.56. The van der Waals surface area contributed by atoms with Crippen LogP contribution in [0, 0.1) is 13.8 Å². The summed E-state index contributed by atoms with van der Waals surface area (Å²) in [6.07, 6.45) is 9.68. The molecular formula is C18H18O2S. The van der Waals surface area contributed by atoms with Crippen molar-refractivity contribution in [3.05, 3.63) is 76.1 Å². The molecule has 2 nitrogen and oxygen atoms in total. The van der Waals surface area contributed by atoms with Crippen LogP contribution in [0.3, 0.4) is 0 Å². The lowest BCUT2D eigenvalue weighted by Crippen LogP contribution is -2.07. The van der Waals surface area contributed by atoms with Crippen LogP contribution in [0.15, 0.2) is 59.4 Å². The minimum Gasteiger partial charge on any atom is -0.463 e. The Morgan fingerprint density at radius 1 is 1.14 bits per heavy atom. The van der Waals surface area contributed by atoms with E-state index in [-0.39, 0.29) is 0 Å². The van der Waals surface area contributed by atoms with Crippen LogP contribution in [0.2, 0.25) is 0 Å². The van der Waals surface area contributed by atoms with Crippen molar-refractivity contribution < 1.29 is 8.95 Å². The monoisotopic (exact) mass is 298 g/mol. The molecule has 1 aromatic carbocycles. The second-order valence-corrected chi connectivity index (χ2v) is 6.66. The number of hydrogen-bond donors (Lipinski definition) is 0. The van der Waals surface area contributed by atoms with Crippen LogP contribution in [-0.2, 0) is 15.5 Å². The first kappa shape index (κ1) is 14.1. The van der Waals surface area contributed by atoms with E-state index in [2.05, 4.69) is 44.2 Å². The van der Waals surface area contributed by atoms with Gasteiger partial charge in [-0.2, -0.15) is 0 Å². The number of ether oxygens (including phenoxy) is 1. The van der Waals surface area contributed by atoms with Gasteiger partial charge >= 0.3 is 0 Å². The van der Waals surface area contributed by atoms with Crippen LogP contribution in [0.4, 0.5) is 0 Å². The molecule has 1 aliphatic carbocycles. The van der Waals surface area contributed by atoms with Crippen molar-refractivity contribution in [1.29, 1.82) is 0 Å². The van der Waals surface area contributed by atoms with Gasteiger partial charge in [0, 0.05) is 5.41 Å². The lowest BCUT2D eigenvalue weighted by Gasteiger charge is -2.20. The maximum atomic E-state index is 12.5. The molecule has 1 unspecified atom stereocenters. The van der Waals surface area contributed by atoms with E-state index in [9.17, 15) is 4.21 Å². The number of hydrogen-bond acceptors (Lipinski definition) is 2. The average Bonchev–Trinajstić information content (AvgIpc) is 2.47. The summed E-state index contributed by atoms with van der Waals surface area (Å²) in [5, 5.41) is 1.61. The highest BCUT2D eigenvalue weighted by molar-refractivity contribution is 7.97. The van der Waals surface area contributed by atoms with Crippen molar-refractivity contribution >= 4 is 15.7 Å². The third-order valence-corrected chi connectivity index (χ3v) is 4.74. The van der Waals surface area contributed by atoms with Gasteiger partial charge in [-0.25, -0.2) is 4.21 Å². The topological polar surface area (TPSA) is 26.3 Å². The van der Waals surface area contributed by atoms with Gasteiger partial charge in [-0.15, -0.1) is 0 Å². The fourth-order valence-corrected chi connectivity index (χ4v) is 3.73. The van der Waals surface area contributed by atoms with E-state index in [1.807, 2.05) is 6.08 Å². The highest BCUT2D eigenvalue weighted by Crippen LogP contribution is 2.35. The van der Waals surface area contributed by atoms with Crippen LogP contribution < -0.4 is 0 Å². The van der Waals surface area contributed by atoms with E-state index in [0.717, 1.165) is 34.6 Å². The van der Waals surface area contributed by atoms with Gasteiger partial charge in [0.1, 0.15) is 12.0 Å². The van der Waals surface area contributed by atoms with Gasteiger partial charge < -0.3 is 4.74 Å². The first-order valence-electron chi connectivity index (χ1n) is 7.08. The van der Waals surface area contributed by atoms with Crippen LogP contribution >= 0.6 is 0 Å². The Balaban J connectivity index is 2.17. The SMILES string of the molecule is Cc1cc(C)cc(C2=C(C3=CC=CCC3)OC=CS2=O)c1. The van der Waals surface area contributed by atoms with Crippen molar-refractivity contribution in [1.82, 2.24) is 0 Å². The van der Waals surface area contributed by atoms with Gasteiger partial charge in [0.15, 0.2) is 0 Å². The lowest BCUT2D eigenvalue weighted by atomic mass is 10.00. The van der Waals surface area contributed by atoms with E-state index in [1.165, 1.54) is 17.4 Å². The quantitative estimate of drug-likeness (QED) is 0.803. The summed E-state index contributed by atoms with van der Waals surface area (Å²) in [7, 11) is -1.17. The largest absolute Gasteiger partial charge is 0.463 e. The summed E-state index contributed by atoms with van der Waals surface area (Å²) in [5.41, 5.74) is 4.44. The molecule has 1 heterocycles. The van der Waals surface area contributed by atoms with Crippen LogP contribution in [0.25, 0.3) is 4.91 Å². The molecule has 108 valence electrons. The molecule has 0 aromatic heterocycles. The van der Waals surface area contributed by atoms with Gasteiger partial charge in [0.25, 0.3) is 0 Å². The van der Waals surface area contributed by atoms with E-state index < -0.39 is 10.8 Å². The lowest BCUT2D eigenvalue weighted by molar-refractivity contribution is 0.360. The molecule has 2 aliphatic rings. The van der Waals surface area contributed by atoms with Gasteiger partial charge in [0.05, 0.1) is 15.7 Å². The van der Waals surface area contributed by atoms with Crippen LogP contribution in [-0.4, -0.2) is 4.21 Å². The number of allylic oxidation sites excluding steroid dienone is 4. The zero-order valence-corrected chi connectivity index (χ0v) is 13.1. The molecule has 1 aromatic rings. The zero-order chi connectivity index (χ0) is 14.8. The van der Waals surface area contributed by atoms with Crippen LogP contribution in [0.5, 0.6) is 0 Å². The molecule has 0 amide bonds. The van der Waals surface area contributed by atoms with Gasteiger partial charge in [0.2, 0.25) is 0 Å². The Morgan fingerprint density at radius 3 is 2.57 bits per heavy atom. The van der Waals surface area contributed by atoms with Gasteiger partial charge in [-0.05, 0) is 37.8 Å². The molecule has 1 aliphatic heterocycles. The van der Waals surface area contributed by atoms with E-state index in [0.29, 0.717) is 0 Å². The number of benzene rings is 1. The third kappa shape index (κ3) is 2.93.